The fourth-order valence-corrected chi connectivity index (χ4v) is 15.4. The largest absolute Gasteiger partial charge is 0.436 e. The van der Waals surface area contributed by atoms with Gasteiger partial charge < -0.3 is 8.54 Å². The molecule has 0 saturated carbocycles. The van der Waals surface area contributed by atoms with Gasteiger partial charge in [0.05, 0.1) is 8.07 Å². The van der Waals surface area contributed by atoms with E-state index in [0.29, 0.717) is 5.04 Å². The molecule has 0 aromatic carbocycles. The van der Waals surface area contributed by atoms with E-state index in [0.717, 1.165) is 6.42 Å². The maximum atomic E-state index is 6.82. The van der Waals surface area contributed by atoms with Gasteiger partial charge in [-0.3, -0.25) is 0 Å². The maximum Gasteiger partial charge on any atom is 0.321 e. The van der Waals surface area contributed by atoms with Crippen molar-refractivity contribution in [3.8, 4) is 0 Å². The molecular formula is C16H40O2Si3. The van der Waals surface area contributed by atoms with Gasteiger partial charge in [0.15, 0.2) is 8.32 Å². The second kappa shape index (κ2) is 6.59. The lowest BCUT2D eigenvalue weighted by Gasteiger charge is -2.54. The molecule has 0 aliphatic rings. The van der Waals surface area contributed by atoms with Gasteiger partial charge in [0, 0.05) is 5.22 Å². The van der Waals surface area contributed by atoms with Crippen LogP contribution in [0.2, 0.25) is 50.9 Å². The molecule has 21 heavy (non-hydrogen) atoms. The Balaban J connectivity index is 5.48. The van der Waals surface area contributed by atoms with E-state index in [4.69, 9.17) is 8.54 Å². The van der Waals surface area contributed by atoms with E-state index in [1.54, 1.807) is 0 Å². The third kappa shape index (κ3) is 5.30. The predicted molar refractivity (Wildman–Crippen MR) is 104 cm³/mol. The zero-order valence-corrected chi connectivity index (χ0v) is 19.7. The summed E-state index contributed by atoms with van der Waals surface area (Å²) in [5.41, 5.74) is 0. The Labute approximate surface area is 137 Å². The van der Waals surface area contributed by atoms with Gasteiger partial charge in [0.2, 0.25) is 0 Å². The van der Waals surface area contributed by atoms with Crippen molar-refractivity contribution in [3.63, 3.8) is 0 Å². The molecule has 5 heteroatoms. The Morgan fingerprint density at radius 1 is 0.762 bits per heavy atom. The van der Waals surface area contributed by atoms with E-state index in [-0.39, 0.29) is 5.22 Å². The van der Waals surface area contributed by atoms with Crippen molar-refractivity contribution in [2.24, 2.45) is 0 Å². The van der Waals surface area contributed by atoms with E-state index in [1.807, 2.05) is 0 Å². The lowest BCUT2D eigenvalue weighted by Crippen LogP contribution is -2.64. The van der Waals surface area contributed by atoms with Crippen LogP contribution in [0.25, 0.3) is 0 Å². The van der Waals surface area contributed by atoms with Crippen molar-refractivity contribution in [2.75, 3.05) is 0 Å². The summed E-state index contributed by atoms with van der Waals surface area (Å²) < 4.78 is 13.3. The van der Waals surface area contributed by atoms with Crippen molar-refractivity contribution in [1.29, 1.82) is 0 Å². The van der Waals surface area contributed by atoms with E-state index in [9.17, 15) is 0 Å². The van der Waals surface area contributed by atoms with Crippen LogP contribution < -0.4 is 0 Å². The highest BCUT2D eigenvalue weighted by atomic mass is 28.4. The van der Waals surface area contributed by atoms with E-state index in [1.165, 1.54) is 6.42 Å². The molecular weight excluding hydrogens is 308 g/mol. The minimum Gasteiger partial charge on any atom is -0.436 e. The molecule has 0 fully saturated rings. The summed E-state index contributed by atoms with van der Waals surface area (Å²) in [4.78, 5) is 0. The van der Waals surface area contributed by atoms with Crippen molar-refractivity contribution in [1.82, 2.24) is 0 Å². The van der Waals surface area contributed by atoms with Crippen LogP contribution in [0.3, 0.4) is 0 Å². The normalized spacial score (nSPS) is 17.7. The summed E-state index contributed by atoms with van der Waals surface area (Å²) in [6.07, 6.45) is 2.28. The third-order valence-electron chi connectivity index (χ3n) is 5.60. The van der Waals surface area contributed by atoms with Gasteiger partial charge in [-0.25, -0.2) is 0 Å². The molecule has 0 radical (unpaired) electrons. The lowest BCUT2D eigenvalue weighted by atomic mass is 10.1. The van der Waals surface area contributed by atoms with Gasteiger partial charge in [0.1, 0.15) is 0 Å². The highest BCUT2D eigenvalue weighted by molar-refractivity contribution is 6.85. The second-order valence-electron chi connectivity index (χ2n) is 9.16. The van der Waals surface area contributed by atoms with Gasteiger partial charge in [-0.1, -0.05) is 47.2 Å². The Morgan fingerprint density at radius 3 is 1.48 bits per heavy atom. The van der Waals surface area contributed by atoms with Crippen LogP contribution in [0, 0.1) is 0 Å². The summed E-state index contributed by atoms with van der Waals surface area (Å²) >= 11 is 0. The van der Waals surface area contributed by atoms with Gasteiger partial charge in [-0.05, 0) is 51.1 Å². The van der Waals surface area contributed by atoms with Crippen LogP contribution in [0.1, 0.15) is 47.5 Å². The topological polar surface area (TPSA) is 18.5 Å². The summed E-state index contributed by atoms with van der Waals surface area (Å²) in [5.74, 6) is 0. The molecule has 0 aliphatic heterocycles. The van der Waals surface area contributed by atoms with Gasteiger partial charge in [-0.15, -0.1) is 0 Å². The maximum absolute atomic E-state index is 6.82. The quantitative estimate of drug-likeness (QED) is 0.489. The van der Waals surface area contributed by atoms with E-state index >= 15 is 0 Å². The molecule has 0 N–H and O–H groups in total. The average Bonchev–Trinajstić information content (AvgIpc) is 2.24. The van der Waals surface area contributed by atoms with Crippen LogP contribution in [-0.4, -0.2) is 30.2 Å². The molecule has 0 bridgehead atoms. The van der Waals surface area contributed by atoms with Crippen molar-refractivity contribution >= 4 is 25.0 Å². The van der Waals surface area contributed by atoms with Gasteiger partial charge in [-0.2, -0.15) is 0 Å². The fourth-order valence-electron chi connectivity index (χ4n) is 3.10. The van der Waals surface area contributed by atoms with E-state index < -0.39 is 25.0 Å². The molecule has 0 spiro atoms. The number of hydrogen-bond acceptors (Lipinski definition) is 2. The summed E-state index contributed by atoms with van der Waals surface area (Å²) in [6, 6.07) is 0. The first kappa shape index (κ1) is 21.6. The molecule has 2 nitrogen and oxygen atoms in total. The summed E-state index contributed by atoms with van der Waals surface area (Å²) in [6.45, 7) is 28.0. The van der Waals surface area contributed by atoms with Crippen LogP contribution in [0.15, 0.2) is 0 Å². The molecule has 0 aromatic rings. The molecule has 128 valence electrons. The Kier molecular flexibility index (Phi) is 6.77. The van der Waals surface area contributed by atoms with Crippen LogP contribution >= 0.6 is 0 Å². The molecule has 0 heterocycles. The second-order valence-corrected chi connectivity index (χ2v) is 22.9. The van der Waals surface area contributed by atoms with Crippen molar-refractivity contribution in [3.05, 3.63) is 0 Å². The molecule has 1 unspecified atom stereocenters. The molecule has 0 amide bonds. The predicted octanol–water partition coefficient (Wildman–Crippen LogP) is 6.16. The Bertz CT molecular complexity index is 346. The molecule has 0 aliphatic carbocycles. The van der Waals surface area contributed by atoms with Gasteiger partial charge >= 0.3 is 8.56 Å². The molecule has 0 aromatic heterocycles. The van der Waals surface area contributed by atoms with Crippen LogP contribution in [-0.2, 0) is 8.54 Å². The van der Waals surface area contributed by atoms with Crippen molar-refractivity contribution < 1.29 is 8.54 Å². The zero-order chi connectivity index (χ0) is 17.3. The Morgan fingerprint density at radius 2 is 1.19 bits per heavy atom. The minimum absolute atomic E-state index is 0.0259. The lowest BCUT2D eigenvalue weighted by molar-refractivity contribution is 0.113. The average molecular weight is 349 g/mol. The fraction of sp³-hybridized carbons (Fsp3) is 1.00. The first-order valence-corrected chi connectivity index (χ1v) is 17.7. The Hall–Kier alpha value is 0.571. The highest BCUT2D eigenvalue weighted by Crippen LogP contribution is 2.49. The monoisotopic (exact) mass is 348 g/mol. The first-order chi connectivity index (χ1) is 9.04. The third-order valence-corrected chi connectivity index (χ3v) is 18.0. The smallest absolute Gasteiger partial charge is 0.321 e. The summed E-state index contributed by atoms with van der Waals surface area (Å²) in [7, 11) is -5.29. The molecule has 1 atom stereocenters. The number of hydrogen-bond donors (Lipinski definition) is 0. The molecule has 0 rings (SSSR count). The van der Waals surface area contributed by atoms with Crippen LogP contribution in [0.5, 0.6) is 0 Å². The number of rotatable bonds is 8. The SMILES string of the molecule is CCC(C)(C)[Si](C)(C)C(C)(CC)O[Si](C)(C)O[Si](C)(C)C. The summed E-state index contributed by atoms with van der Waals surface area (Å²) in [5, 5.41) is 0.337. The highest BCUT2D eigenvalue weighted by Gasteiger charge is 2.54. The van der Waals surface area contributed by atoms with Crippen molar-refractivity contribution in [2.45, 2.75) is 104 Å². The van der Waals surface area contributed by atoms with Gasteiger partial charge in [0.25, 0.3) is 0 Å². The minimum atomic E-state index is -2.10. The standard InChI is InChI=1S/C16H40O2Si3/c1-13-15(3,4)20(9,10)16(5,14-2)17-21(11,12)18-19(6,7)8/h13-14H2,1-12H3. The van der Waals surface area contributed by atoms with E-state index in [2.05, 4.69) is 80.4 Å². The zero-order valence-electron chi connectivity index (χ0n) is 16.7. The molecule has 0 saturated heterocycles. The van der Waals surface area contributed by atoms with Crippen LogP contribution in [0.4, 0.5) is 0 Å². The first-order valence-electron chi connectivity index (χ1n) is 8.44.